The molecule has 22 heavy (non-hydrogen) atoms. The second-order valence-electron chi connectivity index (χ2n) is 7.29. The maximum atomic E-state index is 6.37. The quantitative estimate of drug-likeness (QED) is 0.924. The molecule has 1 aliphatic carbocycles. The highest BCUT2D eigenvalue weighted by Gasteiger charge is 2.41. The van der Waals surface area contributed by atoms with E-state index in [1.54, 1.807) is 0 Å². The number of nitrogens with zero attached hydrogens (tertiary/aromatic N) is 4. The highest BCUT2D eigenvalue weighted by molar-refractivity contribution is 5.47. The average Bonchev–Trinajstić information content (AvgIpc) is 3.30. The maximum Gasteiger partial charge on any atom is 0.227 e. The van der Waals surface area contributed by atoms with Crippen LogP contribution < -0.4 is 15.5 Å². The second-order valence-corrected chi connectivity index (χ2v) is 7.29. The lowest BCUT2D eigenvalue weighted by atomic mass is 9.99. The van der Waals surface area contributed by atoms with Gasteiger partial charge in [-0.15, -0.1) is 0 Å². The molecule has 1 aromatic rings. The number of piperidine rings is 1. The van der Waals surface area contributed by atoms with Crippen molar-refractivity contribution in [3.63, 3.8) is 0 Å². The first kappa shape index (κ1) is 14.2. The van der Waals surface area contributed by atoms with E-state index in [1.165, 1.54) is 32.1 Å². The monoisotopic (exact) mass is 301 g/mol. The topological polar surface area (TPSA) is 58.3 Å². The fourth-order valence-corrected chi connectivity index (χ4v) is 4.00. The van der Waals surface area contributed by atoms with Crippen molar-refractivity contribution < 1.29 is 0 Å². The molecule has 0 amide bonds. The van der Waals surface area contributed by atoms with Gasteiger partial charge in [0.1, 0.15) is 5.82 Å². The van der Waals surface area contributed by atoms with Gasteiger partial charge in [-0.05, 0) is 50.9 Å². The summed E-state index contributed by atoms with van der Waals surface area (Å²) in [5.41, 5.74) is 7.43. The molecule has 0 aromatic carbocycles. The van der Waals surface area contributed by atoms with Gasteiger partial charge in [-0.2, -0.15) is 4.98 Å². The third-order valence-electron chi connectivity index (χ3n) is 5.43. The van der Waals surface area contributed by atoms with Crippen LogP contribution in [0.4, 0.5) is 11.8 Å². The van der Waals surface area contributed by atoms with E-state index in [0.717, 1.165) is 49.6 Å². The first-order valence-corrected chi connectivity index (χ1v) is 8.82. The van der Waals surface area contributed by atoms with E-state index >= 15 is 0 Å². The van der Waals surface area contributed by atoms with Gasteiger partial charge in [0, 0.05) is 44.0 Å². The number of nitrogens with two attached hydrogens (primary N) is 1. The molecule has 5 nitrogen and oxygen atoms in total. The predicted molar refractivity (Wildman–Crippen MR) is 89.2 cm³/mol. The van der Waals surface area contributed by atoms with Gasteiger partial charge in [0.15, 0.2) is 0 Å². The summed E-state index contributed by atoms with van der Waals surface area (Å²) in [7, 11) is 0. The van der Waals surface area contributed by atoms with Crippen LogP contribution in [0, 0.1) is 18.8 Å². The van der Waals surface area contributed by atoms with Gasteiger partial charge in [-0.3, -0.25) is 0 Å². The molecule has 0 spiro atoms. The molecule has 5 heteroatoms. The van der Waals surface area contributed by atoms with Crippen LogP contribution in [-0.4, -0.2) is 42.2 Å². The Hall–Kier alpha value is -1.36. The van der Waals surface area contributed by atoms with Gasteiger partial charge in [0.2, 0.25) is 5.95 Å². The summed E-state index contributed by atoms with van der Waals surface area (Å²) in [5, 5.41) is 0. The smallest absolute Gasteiger partial charge is 0.227 e. The van der Waals surface area contributed by atoms with Gasteiger partial charge < -0.3 is 15.5 Å². The summed E-state index contributed by atoms with van der Waals surface area (Å²) in [6, 6.07) is 2.43. The first-order valence-electron chi connectivity index (χ1n) is 8.82. The van der Waals surface area contributed by atoms with Crippen LogP contribution >= 0.6 is 0 Å². The molecule has 4 rings (SSSR count). The van der Waals surface area contributed by atoms with Crippen molar-refractivity contribution in [2.45, 2.75) is 45.1 Å². The molecule has 0 bridgehead atoms. The predicted octanol–water partition coefficient (Wildman–Crippen LogP) is 1.95. The Balaban J connectivity index is 1.55. The van der Waals surface area contributed by atoms with Crippen molar-refractivity contribution in [2.75, 3.05) is 36.0 Å². The molecule has 0 unspecified atom stereocenters. The Kier molecular flexibility index (Phi) is 3.68. The standard InChI is InChI=1S/C17H27N5/c1-12-9-16(20-17(19-12)21-7-3-2-4-8-21)22-10-14(13-5-6-13)15(18)11-22/h9,13-15H,2-8,10-11,18H2,1H3/t14-,15+/m0/s1. The lowest BCUT2D eigenvalue weighted by Gasteiger charge is -2.28. The summed E-state index contributed by atoms with van der Waals surface area (Å²) in [6.45, 7) is 6.27. The lowest BCUT2D eigenvalue weighted by Crippen LogP contribution is -2.32. The molecule has 3 heterocycles. The minimum absolute atomic E-state index is 0.307. The molecule has 120 valence electrons. The fraction of sp³-hybridized carbons (Fsp3) is 0.765. The Morgan fingerprint density at radius 3 is 2.55 bits per heavy atom. The number of aromatic nitrogens is 2. The Morgan fingerprint density at radius 2 is 1.82 bits per heavy atom. The first-order chi connectivity index (χ1) is 10.7. The molecule has 2 atom stereocenters. The summed E-state index contributed by atoms with van der Waals surface area (Å²) in [5.74, 6) is 3.52. The van der Waals surface area contributed by atoms with Gasteiger partial charge in [0.25, 0.3) is 0 Å². The van der Waals surface area contributed by atoms with Gasteiger partial charge in [-0.25, -0.2) is 4.98 Å². The number of aryl methyl sites for hydroxylation is 1. The minimum Gasteiger partial charge on any atom is -0.355 e. The van der Waals surface area contributed by atoms with Crippen LogP contribution in [-0.2, 0) is 0 Å². The van der Waals surface area contributed by atoms with E-state index in [0.29, 0.717) is 12.0 Å². The normalized spacial score (nSPS) is 29.2. The molecular formula is C17H27N5. The molecule has 2 aliphatic heterocycles. The zero-order chi connectivity index (χ0) is 15.1. The largest absolute Gasteiger partial charge is 0.355 e. The molecule has 2 N–H and O–H groups in total. The van der Waals surface area contributed by atoms with Crippen molar-refractivity contribution in [1.29, 1.82) is 0 Å². The van der Waals surface area contributed by atoms with Crippen LogP contribution in [0.5, 0.6) is 0 Å². The van der Waals surface area contributed by atoms with Crippen LogP contribution in [0.1, 0.15) is 37.8 Å². The fourth-order valence-electron chi connectivity index (χ4n) is 4.00. The van der Waals surface area contributed by atoms with Gasteiger partial charge in [0.05, 0.1) is 0 Å². The average molecular weight is 301 g/mol. The lowest BCUT2D eigenvalue weighted by molar-refractivity contribution is 0.456. The van der Waals surface area contributed by atoms with E-state index in [2.05, 4.69) is 27.8 Å². The van der Waals surface area contributed by atoms with Gasteiger partial charge in [-0.1, -0.05) is 0 Å². The van der Waals surface area contributed by atoms with Crippen LogP contribution in [0.3, 0.4) is 0 Å². The van der Waals surface area contributed by atoms with Crippen molar-refractivity contribution >= 4 is 11.8 Å². The molecule has 1 saturated carbocycles. The van der Waals surface area contributed by atoms with Gasteiger partial charge >= 0.3 is 0 Å². The van der Waals surface area contributed by atoms with E-state index in [-0.39, 0.29) is 0 Å². The highest BCUT2D eigenvalue weighted by atomic mass is 15.3. The molecule has 1 aromatic heterocycles. The van der Waals surface area contributed by atoms with E-state index < -0.39 is 0 Å². The maximum absolute atomic E-state index is 6.37. The second kappa shape index (κ2) is 5.69. The number of hydrogen-bond donors (Lipinski definition) is 1. The SMILES string of the molecule is Cc1cc(N2C[C@@H](N)[C@H](C3CC3)C2)nc(N2CCCCC2)n1. The molecular weight excluding hydrogens is 274 g/mol. The third kappa shape index (κ3) is 2.78. The Morgan fingerprint density at radius 1 is 1.05 bits per heavy atom. The van der Waals surface area contributed by atoms with Crippen LogP contribution in [0.25, 0.3) is 0 Å². The molecule has 3 aliphatic rings. The van der Waals surface area contributed by atoms with Crippen LogP contribution in [0.2, 0.25) is 0 Å². The van der Waals surface area contributed by atoms with Crippen molar-refractivity contribution in [3.05, 3.63) is 11.8 Å². The minimum atomic E-state index is 0.307. The van der Waals surface area contributed by atoms with Crippen molar-refractivity contribution in [1.82, 2.24) is 9.97 Å². The summed E-state index contributed by atoms with van der Waals surface area (Å²) in [4.78, 5) is 14.3. The molecule has 0 radical (unpaired) electrons. The number of hydrogen-bond acceptors (Lipinski definition) is 5. The summed E-state index contributed by atoms with van der Waals surface area (Å²) >= 11 is 0. The zero-order valence-electron chi connectivity index (χ0n) is 13.5. The molecule has 2 saturated heterocycles. The van der Waals surface area contributed by atoms with E-state index in [4.69, 9.17) is 10.7 Å². The molecule has 3 fully saturated rings. The van der Waals surface area contributed by atoms with E-state index in [1.807, 2.05) is 0 Å². The Bertz CT molecular complexity index is 536. The van der Waals surface area contributed by atoms with Crippen molar-refractivity contribution in [3.8, 4) is 0 Å². The summed E-state index contributed by atoms with van der Waals surface area (Å²) < 4.78 is 0. The van der Waals surface area contributed by atoms with Crippen LogP contribution in [0.15, 0.2) is 6.07 Å². The van der Waals surface area contributed by atoms with Crippen molar-refractivity contribution in [2.24, 2.45) is 17.6 Å². The number of rotatable bonds is 3. The highest BCUT2D eigenvalue weighted by Crippen LogP contribution is 2.41. The number of anilines is 2. The third-order valence-corrected chi connectivity index (χ3v) is 5.43. The van der Waals surface area contributed by atoms with E-state index in [9.17, 15) is 0 Å². The summed E-state index contributed by atoms with van der Waals surface area (Å²) in [6.07, 6.45) is 6.58. The Labute approximate surface area is 132 Å². The zero-order valence-corrected chi connectivity index (χ0v) is 13.5.